The smallest absolute Gasteiger partial charge is 0.270 e. The number of imidazole rings is 1. The van der Waals surface area contributed by atoms with Gasteiger partial charge in [-0.2, -0.15) is 0 Å². The number of hydrogen-bond acceptors (Lipinski definition) is 3. The van der Waals surface area contributed by atoms with Gasteiger partial charge in [-0.1, -0.05) is 18.2 Å². The van der Waals surface area contributed by atoms with E-state index in [9.17, 15) is 4.79 Å². The number of nitrogens with one attached hydrogen (secondary N) is 1. The number of hydrogen-bond donors (Lipinski definition) is 1. The van der Waals surface area contributed by atoms with Gasteiger partial charge in [-0.15, -0.1) is 0 Å². The van der Waals surface area contributed by atoms with E-state index in [0.29, 0.717) is 17.9 Å². The molecule has 0 bridgehead atoms. The molecule has 24 heavy (non-hydrogen) atoms. The van der Waals surface area contributed by atoms with Crippen molar-refractivity contribution in [1.82, 2.24) is 14.7 Å². The van der Waals surface area contributed by atoms with Crippen LogP contribution in [-0.2, 0) is 6.54 Å². The maximum absolute atomic E-state index is 12.7. The Balaban J connectivity index is 1.90. The van der Waals surface area contributed by atoms with Crippen molar-refractivity contribution < 1.29 is 9.53 Å². The lowest BCUT2D eigenvalue weighted by Gasteiger charge is -2.10. The maximum atomic E-state index is 12.7. The molecule has 0 saturated carbocycles. The first kappa shape index (κ1) is 16.5. The molecule has 2 heterocycles. The summed E-state index contributed by atoms with van der Waals surface area (Å²) >= 11 is 3.47. The molecule has 0 aliphatic carbocycles. The number of carbonyl (C=O) groups is 1. The van der Waals surface area contributed by atoms with Crippen molar-refractivity contribution in [2.24, 2.45) is 0 Å². The lowest BCUT2D eigenvalue weighted by Crippen LogP contribution is -2.25. The average molecular weight is 388 g/mol. The number of benzene rings is 1. The number of amides is 1. The molecule has 3 aromatic rings. The first-order chi connectivity index (χ1) is 11.5. The van der Waals surface area contributed by atoms with Crippen molar-refractivity contribution in [3.63, 3.8) is 0 Å². The average Bonchev–Trinajstić information content (AvgIpc) is 2.89. The van der Waals surface area contributed by atoms with Crippen LogP contribution in [0.15, 0.2) is 41.0 Å². The predicted octanol–water partition coefficient (Wildman–Crippen LogP) is 3.65. The second-order valence-corrected chi connectivity index (χ2v) is 6.49. The van der Waals surface area contributed by atoms with Crippen LogP contribution < -0.4 is 10.1 Å². The number of rotatable bonds is 4. The minimum atomic E-state index is -0.164. The second-order valence-electron chi connectivity index (χ2n) is 5.58. The van der Waals surface area contributed by atoms with Crippen molar-refractivity contribution in [2.75, 3.05) is 7.11 Å². The molecule has 5 nitrogen and oxygen atoms in total. The zero-order valence-corrected chi connectivity index (χ0v) is 15.3. The summed E-state index contributed by atoms with van der Waals surface area (Å²) in [5, 5.41) is 2.95. The number of aromatic nitrogens is 2. The van der Waals surface area contributed by atoms with Crippen LogP contribution >= 0.6 is 15.9 Å². The number of methoxy groups -OCH3 is 1. The molecule has 2 aromatic heterocycles. The molecule has 0 aliphatic heterocycles. The van der Waals surface area contributed by atoms with Crippen LogP contribution in [0, 0.1) is 13.8 Å². The van der Waals surface area contributed by atoms with E-state index in [2.05, 4.69) is 26.2 Å². The fourth-order valence-electron chi connectivity index (χ4n) is 2.76. The van der Waals surface area contributed by atoms with E-state index in [0.717, 1.165) is 27.0 Å². The Hall–Kier alpha value is -2.34. The Morgan fingerprint density at radius 3 is 2.83 bits per heavy atom. The molecule has 1 aromatic carbocycles. The van der Waals surface area contributed by atoms with E-state index in [1.165, 1.54) is 0 Å². The highest BCUT2D eigenvalue weighted by atomic mass is 79.9. The van der Waals surface area contributed by atoms with E-state index < -0.39 is 0 Å². The number of ether oxygens (including phenoxy) is 1. The number of pyridine rings is 1. The third kappa shape index (κ3) is 3.01. The summed E-state index contributed by atoms with van der Waals surface area (Å²) in [6.45, 7) is 4.21. The lowest BCUT2D eigenvalue weighted by atomic mass is 10.2. The topological polar surface area (TPSA) is 55.6 Å². The van der Waals surface area contributed by atoms with Gasteiger partial charge in [-0.25, -0.2) is 4.98 Å². The van der Waals surface area contributed by atoms with Gasteiger partial charge in [-0.3, -0.25) is 9.20 Å². The number of para-hydroxylation sites is 1. The Labute approximate surface area is 148 Å². The monoisotopic (exact) mass is 387 g/mol. The summed E-state index contributed by atoms with van der Waals surface area (Å²) in [7, 11) is 1.62. The fraction of sp³-hybridized carbons (Fsp3) is 0.222. The molecule has 0 aliphatic rings. The highest BCUT2D eigenvalue weighted by Gasteiger charge is 2.18. The molecule has 0 unspecified atom stereocenters. The van der Waals surface area contributed by atoms with Gasteiger partial charge >= 0.3 is 0 Å². The van der Waals surface area contributed by atoms with Gasteiger partial charge in [0.25, 0.3) is 5.91 Å². The molecule has 6 heteroatoms. The van der Waals surface area contributed by atoms with Crippen molar-refractivity contribution in [3.05, 3.63) is 63.5 Å². The Morgan fingerprint density at radius 1 is 1.33 bits per heavy atom. The number of aryl methyl sites for hydroxylation is 2. The van der Waals surface area contributed by atoms with Crippen LogP contribution in [-0.4, -0.2) is 22.4 Å². The molecule has 1 amide bonds. The summed E-state index contributed by atoms with van der Waals surface area (Å²) in [4.78, 5) is 17.2. The van der Waals surface area contributed by atoms with E-state index >= 15 is 0 Å². The molecular weight excluding hydrogens is 370 g/mol. The molecule has 0 spiro atoms. The summed E-state index contributed by atoms with van der Waals surface area (Å²) in [6, 6.07) is 9.62. The SMILES string of the molecule is COc1ccccc1CNC(=O)c1c(C)nc2c(C)cc(Br)cn12. The van der Waals surface area contributed by atoms with Crippen molar-refractivity contribution in [1.29, 1.82) is 0 Å². The Kier molecular flexibility index (Phi) is 4.57. The van der Waals surface area contributed by atoms with Gasteiger partial charge in [0.05, 0.1) is 12.8 Å². The van der Waals surface area contributed by atoms with Crippen LogP contribution in [0.5, 0.6) is 5.75 Å². The zero-order chi connectivity index (χ0) is 17.3. The largest absolute Gasteiger partial charge is 0.496 e. The summed E-state index contributed by atoms with van der Waals surface area (Å²) < 4.78 is 8.05. The van der Waals surface area contributed by atoms with Crippen LogP contribution in [0.2, 0.25) is 0 Å². The summed E-state index contributed by atoms with van der Waals surface area (Å²) in [5.74, 6) is 0.592. The lowest BCUT2D eigenvalue weighted by molar-refractivity contribution is 0.0944. The van der Waals surface area contributed by atoms with Crippen molar-refractivity contribution in [2.45, 2.75) is 20.4 Å². The first-order valence-corrected chi connectivity index (χ1v) is 8.35. The van der Waals surface area contributed by atoms with E-state index in [1.54, 1.807) is 7.11 Å². The molecular formula is C18H18BrN3O2. The molecule has 3 rings (SSSR count). The third-order valence-corrected chi connectivity index (χ3v) is 4.33. The number of nitrogens with zero attached hydrogens (tertiary/aromatic N) is 2. The normalized spacial score (nSPS) is 10.8. The first-order valence-electron chi connectivity index (χ1n) is 7.56. The molecule has 1 N–H and O–H groups in total. The molecule has 0 saturated heterocycles. The molecule has 0 fully saturated rings. The van der Waals surface area contributed by atoms with Gasteiger partial charge < -0.3 is 10.1 Å². The van der Waals surface area contributed by atoms with Crippen LogP contribution in [0.25, 0.3) is 5.65 Å². The summed E-state index contributed by atoms with van der Waals surface area (Å²) in [6.07, 6.45) is 1.86. The second kappa shape index (κ2) is 6.65. The van der Waals surface area contributed by atoms with Gasteiger partial charge in [0, 0.05) is 22.8 Å². The van der Waals surface area contributed by atoms with Gasteiger partial charge in [0.15, 0.2) is 0 Å². The standard InChI is InChI=1S/C18H18BrN3O2/c1-11-8-14(19)10-22-16(12(2)21-17(11)22)18(23)20-9-13-6-4-5-7-15(13)24-3/h4-8,10H,9H2,1-3H3,(H,20,23). The van der Waals surface area contributed by atoms with Crippen LogP contribution in [0.1, 0.15) is 27.3 Å². The molecule has 0 radical (unpaired) electrons. The quantitative estimate of drug-likeness (QED) is 0.743. The Bertz CT molecular complexity index is 918. The van der Waals surface area contributed by atoms with Crippen LogP contribution in [0.3, 0.4) is 0 Å². The van der Waals surface area contributed by atoms with Crippen molar-refractivity contribution in [3.8, 4) is 5.75 Å². The maximum Gasteiger partial charge on any atom is 0.270 e. The predicted molar refractivity (Wildman–Crippen MR) is 96.5 cm³/mol. The fourth-order valence-corrected chi connectivity index (χ4v) is 3.31. The highest BCUT2D eigenvalue weighted by Crippen LogP contribution is 2.21. The summed E-state index contributed by atoms with van der Waals surface area (Å²) in [5.41, 5.74) is 3.98. The highest BCUT2D eigenvalue weighted by molar-refractivity contribution is 9.10. The Morgan fingerprint density at radius 2 is 2.08 bits per heavy atom. The minimum absolute atomic E-state index is 0.164. The van der Waals surface area contributed by atoms with Gasteiger partial charge in [0.2, 0.25) is 0 Å². The zero-order valence-electron chi connectivity index (χ0n) is 13.8. The molecule has 124 valence electrons. The number of halogens is 1. The van der Waals surface area contributed by atoms with E-state index in [-0.39, 0.29) is 5.91 Å². The van der Waals surface area contributed by atoms with E-state index in [4.69, 9.17) is 4.74 Å². The van der Waals surface area contributed by atoms with Gasteiger partial charge in [-0.05, 0) is 47.5 Å². The van der Waals surface area contributed by atoms with Gasteiger partial charge in [0.1, 0.15) is 17.1 Å². The number of fused-ring (bicyclic) bond motifs is 1. The molecule has 0 atom stereocenters. The van der Waals surface area contributed by atoms with E-state index in [1.807, 2.05) is 54.8 Å². The minimum Gasteiger partial charge on any atom is -0.496 e. The number of carbonyl (C=O) groups excluding carboxylic acids is 1. The van der Waals surface area contributed by atoms with Crippen molar-refractivity contribution >= 4 is 27.5 Å². The third-order valence-electron chi connectivity index (χ3n) is 3.89. The van der Waals surface area contributed by atoms with Crippen LogP contribution in [0.4, 0.5) is 0 Å².